The second kappa shape index (κ2) is 6.97. The molecule has 1 amide bonds. The predicted molar refractivity (Wildman–Crippen MR) is 87.5 cm³/mol. The summed E-state index contributed by atoms with van der Waals surface area (Å²) in [6.45, 7) is 4.05. The van der Waals surface area contributed by atoms with Gasteiger partial charge < -0.3 is 15.4 Å². The van der Waals surface area contributed by atoms with Gasteiger partial charge in [0.05, 0.1) is 0 Å². The molecule has 22 heavy (non-hydrogen) atoms. The van der Waals surface area contributed by atoms with E-state index >= 15 is 0 Å². The number of piperidine rings is 1. The molecule has 1 aromatic carbocycles. The molecular formula is C18H24N2O2. The lowest BCUT2D eigenvalue weighted by Gasteiger charge is -2.23. The zero-order valence-corrected chi connectivity index (χ0v) is 13.0. The number of carbonyl (C=O) groups excluding carboxylic acids is 1. The van der Waals surface area contributed by atoms with Gasteiger partial charge in [-0.3, -0.25) is 0 Å². The largest absolute Gasteiger partial charge is 0.446 e. The average molecular weight is 300 g/mol. The number of hydrogen-bond donors (Lipinski definition) is 2. The van der Waals surface area contributed by atoms with Gasteiger partial charge in [0, 0.05) is 12.0 Å². The van der Waals surface area contributed by atoms with Crippen molar-refractivity contribution in [1.82, 2.24) is 10.6 Å². The van der Waals surface area contributed by atoms with E-state index < -0.39 is 0 Å². The quantitative estimate of drug-likeness (QED) is 0.899. The van der Waals surface area contributed by atoms with Crippen molar-refractivity contribution >= 4 is 12.2 Å². The van der Waals surface area contributed by atoms with Gasteiger partial charge in [0.2, 0.25) is 0 Å². The second-order valence-corrected chi connectivity index (χ2v) is 6.25. The number of ether oxygens (including phenoxy) is 1. The van der Waals surface area contributed by atoms with Crippen LogP contribution in [0.1, 0.15) is 31.7 Å². The first-order chi connectivity index (χ1) is 10.7. The number of hydrogen-bond acceptors (Lipinski definition) is 3. The van der Waals surface area contributed by atoms with Crippen LogP contribution in [0.5, 0.6) is 0 Å². The van der Waals surface area contributed by atoms with Crippen molar-refractivity contribution in [1.29, 1.82) is 0 Å². The Bertz CT molecular complexity index is 535. The third kappa shape index (κ3) is 4.10. The summed E-state index contributed by atoms with van der Waals surface area (Å²) in [6, 6.07) is 10.5. The van der Waals surface area contributed by atoms with E-state index in [1.807, 2.05) is 18.2 Å². The van der Waals surface area contributed by atoms with Gasteiger partial charge in [-0.25, -0.2) is 4.79 Å². The molecule has 0 radical (unpaired) electrons. The number of alkyl carbamates (subject to hydrolysis) is 1. The predicted octanol–water partition coefficient (Wildman–Crippen LogP) is 2.96. The summed E-state index contributed by atoms with van der Waals surface area (Å²) in [4.78, 5) is 11.9. The maximum absolute atomic E-state index is 11.9. The van der Waals surface area contributed by atoms with Crippen LogP contribution >= 0.6 is 0 Å². The van der Waals surface area contributed by atoms with Crippen LogP contribution in [0.25, 0.3) is 6.08 Å². The zero-order chi connectivity index (χ0) is 15.4. The zero-order valence-electron chi connectivity index (χ0n) is 13.0. The highest BCUT2D eigenvalue weighted by Crippen LogP contribution is 2.40. The Morgan fingerprint density at radius 2 is 2.00 bits per heavy atom. The standard InChI is InChI=1S/C18H24N2O2/c1-13(11-14-5-3-2-4-6-14)16-12-17(16)22-18(21)20-15-7-9-19-10-8-15/h2-6,11,15-17,19H,7-10,12H2,1H3,(H,20,21)/b13-11+/t16-,17+/m0/s1. The Morgan fingerprint density at radius 1 is 1.27 bits per heavy atom. The van der Waals surface area contributed by atoms with E-state index in [1.54, 1.807) is 0 Å². The second-order valence-electron chi connectivity index (χ2n) is 6.25. The highest BCUT2D eigenvalue weighted by Gasteiger charge is 2.42. The molecule has 118 valence electrons. The van der Waals surface area contributed by atoms with E-state index in [1.165, 1.54) is 11.1 Å². The molecule has 0 spiro atoms. The minimum atomic E-state index is -0.257. The first-order valence-electron chi connectivity index (χ1n) is 8.13. The molecule has 4 nitrogen and oxygen atoms in total. The van der Waals surface area contributed by atoms with Crippen molar-refractivity contribution in [3.8, 4) is 0 Å². The molecule has 2 fully saturated rings. The average Bonchev–Trinajstić information content (AvgIpc) is 3.28. The van der Waals surface area contributed by atoms with Gasteiger partial charge in [-0.1, -0.05) is 42.0 Å². The lowest BCUT2D eigenvalue weighted by molar-refractivity contribution is 0.129. The van der Waals surface area contributed by atoms with Gasteiger partial charge >= 0.3 is 6.09 Å². The molecule has 2 aliphatic rings. The molecule has 4 heteroatoms. The van der Waals surface area contributed by atoms with Crippen LogP contribution in [0.3, 0.4) is 0 Å². The lowest BCUT2D eigenvalue weighted by Crippen LogP contribution is -2.43. The maximum Gasteiger partial charge on any atom is 0.407 e. The molecule has 0 unspecified atom stereocenters. The molecule has 1 saturated heterocycles. The summed E-state index contributed by atoms with van der Waals surface area (Å²) in [5.41, 5.74) is 2.48. The highest BCUT2D eigenvalue weighted by molar-refractivity contribution is 5.68. The van der Waals surface area contributed by atoms with E-state index in [2.05, 4.69) is 35.8 Å². The van der Waals surface area contributed by atoms with E-state index in [0.29, 0.717) is 5.92 Å². The Morgan fingerprint density at radius 3 is 2.73 bits per heavy atom. The minimum Gasteiger partial charge on any atom is -0.446 e. The van der Waals surface area contributed by atoms with Crippen molar-refractivity contribution in [2.24, 2.45) is 5.92 Å². The summed E-state index contributed by atoms with van der Waals surface area (Å²) in [5, 5.41) is 6.27. The van der Waals surface area contributed by atoms with Crippen LogP contribution in [-0.2, 0) is 4.74 Å². The number of amides is 1. The molecular weight excluding hydrogens is 276 g/mol. The SMILES string of the molecule is C/C(=C\c1ccccc1)[C@@H]1C[C@H]1OC(=O)NC1CCNCC1. The number of carbonyl (C=O) groups is 1. The normalized spacial score (nSPS) is 25.6. The number of benzene rings is 1. The molecule has 2 N–H and O–H groups in total. The summed E-state index contributed by atoms with van der Waals surface area (Å²) in [7, 11) is 0. The van der Waals surface area contributed by atoms with Gasteiger partial charge in [0.25, 0.3) is 0 Å². The topological polar surface area (TPSA) is 50.4 Å². The minimum absolute atomic E-state index is 0.0432. The molecule has 1 aliphatic carbocycles. The highest BCUT2D eigenvalue weighted by atomic mass is 16.6. The molecule has 2 atom stereocenters. The number of nitrogens with one attached hydrogen (secondary N) is 2. The van der Waals surface area contributed by atoms with Gasteiger partial charge in [-0.2, -0.15) is 0 Å². The number of rotatable bonds is 4. The van der Waals surface area contributed by atoms with Gasteiger partial charge in [0.15, 0.2) is 0 Å². The van der Waals surface area contributed by atoms with Gasteiger partial charge in [-0.15, -0.1) is 0 Å². The van der Waals surface area contributed by atoms with E-state index in [4.69, 9.17) is 4.74 Å². The molecule has 1 aliphatic heterocycles. The van der Waals surface area contributed by atoms with Crippen molar-refractivity contribution in [3.05, 3.63) is 41.5 Å². The molecule has 1 saturated carbocycles. The smallest absolute Gasteiger partial charge is 0.407 e. The van der Waals surface area contributed by atoms with Crippen LogP contribution in [0.4, 0.5) is 4.79 Å². The fraction of sp³-hybridized carbons (Fsp3) is 0.500. The Labute approximate surface area is 131 Å². The van der Waals surface area contributed by atoms with Crippen LogP contribution in [-0.4, -0.2) is 31.3 Å². The first kappa shape index (κ1) is 15.1. The van der Waals surface area contributed by atoms with Gasteiger partial charge in [-0.05, 0) is 44.8 Å². The third-order valence-corrected chi connectivity index (χ3v) is 4.43. The Balaban J connectivity index is 1.45. The first-order valence-corrected chi connectivity index (χ1v) is 8.13. The summed E-state index contributed by atoms with van der Waals surface area (Å²) >= 11 is 0. The van der Waals surface area contributed by atoms with Crippen molar-refractivity contribution in [2.75, 3.05) is 13.1 Å². The van der Waals surface area contributed by atoms with Gasteiger partial charge in [0.1, 0.15) is 6.10 Å². The van der Waals surface area contributed by atoms with Crippen LogP contribution < -0.4 is 10.6 Å². The Hall–Kier alpha value is -1.81. The van der Waals surface area contributed by atoms with Crippen molar-refractivity contribution < 1.29 is 9.53 Å². The third-order valence-electron chi connectivity index (χ3n) is 4.43. The van der Waals surface area contributed by atoms with E-state index in [-0.39, 0.29) is 18.2 Å². The van der Waals surface area contributed by atoms with E-state index in [0.717, 1.165) is 32.4 Å². The molecule has 0 aromatic heterocycles. The van der Waals surface area contributed by atoms with Crippen LogP contribution in [0.15, 0.2) is 35.9 Å². The summed E-state index contributed by atoms with van der Waals surface area (Å²) < 4.78 is 5.52. The van der Waals surface area contributed by atoms with Crippen molar-refractivity contribution in [2.45, 2.75) is 38.3 Å². The summed E-state index contributed by atoms with van der Waals surface area (Å²) in [5.74, 6) is 0.374. The van der Waals surface area contributed by atoms with Crippen LogP contribution in [0.2, 0.25) is 0 Å². The fourth-order valence-electron chi connectivity index (χ4n) is 3.00. The lowest BCUT2D eigenvalue weighted by atomic mass is 10.1. The Kier molecular flexibility index (Phi) is 4.78. The fourth-order valence-corrected chi connectivity index (χ4v) is 3.00. The van der Waals surface area contributed by atoms with E-state index in [9.17, 15) is 4.79 Å². The molecule has 1 aromatic rings. The molecule has 0 bridgehead atoms. The maximum atomic E-state index is 11.9. The summed E-state index contributed by atoms with van der Waals surface area (Å²) in [6.07, 6.45) is 4.87. The monoisotopic (exact) mass is 300 g/mol. The van der Waals surface area contributed by atoms with Crippen molar-refractivity contribution in [3.63, 3.8) is 0 Å². The molecule has 1 heterocycles. The molecule has 3 rings (SSSR count). The van der Waals surface area contributed by atoms with Crippen LogP contribution in [0, 0.1) is 5.92 Å².